The van der Waals surface area contributed by atoms with Crippen molar-refractivity contribution in [2.24, 2.45) is 5.16 Å². The molecule has 1 saturated heterocycles. The van der Waals surface area contributed by atoms with Crippen molar-refractivity contribution >= 4 is 85.7 Å². The molecule has 0 bridgehead atoms. The summed E-state index contributed by atoms with van der Waals surface area (Å²) in [4.78, 5) is 46.8. The monoisotopic (exact) mass is 694 g/mol. The van der Waals surface area contributed by atoms with E-state index in [4.69, 9.17) is 12.2 Å². The Morgan fingerprint density at radius 2 is 1.73 bits per heavy atom. The molecule has 1 aliphatic rings. The van der Waals surface area contributed by atoms with E-state index in [1.54, 1.807) is 0 Å². The number of alkyl halides is 6. The Morgan fingerprint density at radius 3 is 2.32 bits per heavy atom. The number of thiophene rings is 1. The van der Waals surface area contributed by atoms with Crippen LogP contribution in [0.25, 0.3) is 17.2 Å². The minimum Gasteiger partial charge on any atom is -0.476 e. The maximum atomic E-state index is 13.3. The average Bonchev–Trinajstić information content (AvgIpc) is 3.65. The lowest BCUT2D eigenvalue weighted by Crippen LogP contribution is -2.31. The van der Waals surface area contributed by atoms with E-state index in [1.165, 1.54) is 27.8 Å². The molecule has 3 heterocycles. The molecule has 0 spiro atoms. The SMILES string of the molecule is CON=C(C(=O)O)c1csc(NC(=O)CCN2C(=O)C(=Cc3cc(-c4cc(C(F)(F)F)cc(C(F)(F)F)c4)cs3)SC2=S)n1. The third-order valence-electron chi connectivity index (χ3n) is 5.63. The molecule has 0 saturated carbocycles. The zero-order chi connectivity index (χ0) is 32.4. The van der Waals surface area contributed by atoms with Gasteiger partial charge >= 0.3 is 18.3 Å². The second-order valence-electron chi connectivity index (χ2n) is 8.63. The maximum absolute atomic E-state index is 13.3. The third kappa shape index (κ3) is 7.82. The van der Waals surface area contributed by atoms with Gasteiger partial charge in [-0.2, -0.15) is 26.3 Å². The Labute approximate surface area is 261 Å². The van der Waals surface area contributed by atoms with Gasteiger partial charge in [-0.3, -0.25) is 14.5 Å². The number of thiocarbonyl (C=S) groups is 1. The molecule has 9 nitrogen and oxygen atoms in total. The van der Waals surface area contributed by atoms with E-state index < -0.39 is 47.0 Å². The third-order valence-corrected chi connectivity index (χ3v) is 8.64. The number of nitrogens with one attached hydrogen (secondary N) is 1. The summed E-state index contributed by atoms with van der Waals surface area (Å²) in [5, 5.41) is 17.8. The molecule has 3 aromatic rings. The van der Waals surface area contributed by atoms with Gasteiger partial charge in [-0.05, 0) is 46.8 Å². The molecule has 0 unspecified atom stereocenters. The summed E-state index contributed by atoms with van der Waals surface area (Å²) in [6.07, 6.45) is -8.78. The molecule has 0 aliphatic carbocycles. The number of carboxylic acids is 1. The number of nitrogens with zero attached hydrogens (tertiary/aromatic N) is 3. The largest absolute Gasteiger partial charge is 0.476 e. The highest BCUT2D eigenvalue weighted by molar-refractivity contribution is 8.26. The molecule has 2 amide bonds. The normalized spacial score (nSPS) is 15.3. The second-order valence-corrected chi connectivity index (χ2v) is 12.1. The van der Waals surface area contributed by atoms with Gasteiger partial charge in [0.05, 0.1) is 16.0 Å². The molecule has 2 N–H and O–H groups in total. The molecule has 1 fully saturated rings. The number of benzene rings is 1. The van der Waals surface area contributed by atoms with E-state index in [9.17, 15) is 45.8 Å². The predicted octanol–water partition coefficient (Wildman–Crippen LogP) is 6.57. The number of aliphatic carboxylic acids is 1. The highest BCUT2D eigenvalue weighted by atomic mass is 32.2. The quantitative estimate of drug-likeness (QED) is 0.0849. The van der Waals surface area contributed by atoms with Gasteiger partial charge in [-0.15, -0.1) is 22.7 Å². The summed E-state index contributed by atoms with van der Waals surface area (Å²) < 4.78 is 79.7. The number of carbonyl (C=O) groups excluding carboxylic acids is 2. The number of amides is 2. The van der Waals surface area contributed by atoms with Crippen LogP contribution in [0, 0.1) is 0 Å². The summed E-state index contributed by atoms with van der Waals surface area (Å²) in [5.74, 6) is -2.48. The summed E-state index contributed by atoms with van der Waals surface area (Å²) in [6, 6.07) is 2.64. The molecule has 1 aromatic carbocycles. The van der Waals surface area contributed by atoms with Crippen molar-refractivity contribution in [3.8, 4) is 11.1 Å². The predicted molar refractivity (Wildman–Crippen MR) is 156 cm³/mol. The van der Waals surface area contributed by atoms with Crippen LogP contribution in [0.3, 0.4) is 0 Å². The van der Waals surface area contributed by atoms with Crippen molar-refractivity contribution in [3.05, 3.63) is 61.6 Å². The molecule has 232 valence electrons. The van der Waals surface area contributed by atoms with Gasteiger partial charge in [-0.25, -0.2) is 9.78 Å². The number of rotatable bonds is 9. The lowest BCUT2D eigenvalue weighted by atomic mass is 10.0. The number of carboxylic acid groups (broad SMARTS) is 1. The topological polar surface area (TPSA) is 121 Å². The van der Waals surface area contributed by atoms with Crippen LogP contribution >= 0.6 is 46.7 Å². The van der Waals surface area contributed by atoms with Crippen molar-refractivity contribution in [3.63, 3.8) is 0 Å². The van der Waals surface area contributed by atoms with Crippen molar-refractivity contribution in [1.82, 2.24) is 9.88 Å². The van der Waals surface area contributed by atoms with Crippen LogP contribution in [0.5, 0.6) is 0 Å². The average molecular weight is 695 g/mol. The van der Waals surface area contributed by atoms with E-state index in [0.29, 0.717) is 17.0 Å². The fourth-order valence-corrected chi connectivity index (χ4v) is 6.58. The number of halogens is 6. The van der Waals surface area contributed by atoms with Crippen LogP contribution in [-0.4, -0.2) is 56.5 Å². The van der Waals surface area contributed by atoms with Gasteiger partial charge in [-0.1, -0.05) is 29.1 Å². The van der Waals surface area contributed by atoms with E-state index in [-0.39, 0.29) is 50.2 Å². The molecule has 2 aromatic heterocycles. The number of thioether (sulfide) groups is 1. The number of thiazole rings is 1. The number of hydrogen-bond acceptors (Lipinski definition) is 10. The van der Waals surface area contributed by atoms with Crippen LogP contribution in [0.1, 0.15) is 28.1 Å². The molecule has 0 radical (unpaired) electrons. The smallest absolute Gasteiger partial charge is 0.416 e. The van der Waals surface area contributed by atoms with E-state index in [2.05, 4.69) is 20.3 Å². The molecule has 1 aliphatic heterocycles. The van der Waals surface area contributed by atoms with Crippen LogP contribution in [0.15, 0.2) is 45.1 Å². The van der Waals surface area contributed by atoms with Crippen molar-refractivity contribution in [1.29, 1.82) is 0 Å². The first kappa shape index (κ1) is 33.1. The Balaban J connectivity index is 1.43. The molecule has 0 atom stereocenters. The fourth-order valence-electron chi connectivity index (χ4n) is 3.65. The lowest BCUT2D eigenvalue weighted by molar-refractivity contribution is -0.143. The second kappa shape index (κ2) is 13.0. The van der Waals surface area contributed by atoms with E-state index >= 15 is 0 Å². The van der Waals surface area contributed by atoms with Gasteiger partial charge in [0, 0.05) is 23.2 Å². The number of hydrogen-bond donors (Lipinski definition) is 2. The summed E-state index contributed by atoms with van der Waals surface area (Å²) in [6.45, 7) is -0.113. The van der Waals surface area contributed by atoms with Gasteiger partial charge in [0.2, 0.25) is 11.6 Å². The van der Waals surface area contributed by atoms with Crippen molar-refractivity contribution < 1.29 is 50.7 Å². The first-order valence-corrected chi connectivity index (χ1v) is 14.8. The number of anilines is 1. The summed E-state index contributed by atoms with van der Waals surface area (Å²) in [5.41, 5.74) is -3.58. The molecule has 4 rings (SSSR count). The molecular weight excluding hydrogens is 679 g/mol. The first-order valence-electron chi connectivity index (χ1n) is 11.8. The van der Waals surface area contributed by atoms with Gasteiger partial charge in [0.15, 0.2) is 5.13 Å². The van der Waals surface area contributed by atoms with Crippen LogP contribution < -0.4 is 5.32 Å². The summed E-state index contributed by atoms with van der Waals surface area (Å²) in [7, 11) is 1.16. The van der Waals surface area contributed by atoms with Crippen LogP contribution in [0.2, 0.25) is 0 Å². The van der Waals surface area contributed by atoms with Gasteiger partial charge in [0.25, 0.3) is 5.91 Å². The van der Waals surface area contributed by atoms with Crippen molar-refractivity contribution in [2.75, 3.05) is 19.0 Å². The number of aromatic nitrogens is 1. The highest BCUT2D eigenvalue weighted by Gasteiger charge is 2.37. The van der Waals surface area contributed by atoms with Crippen LogP contribution in [0.4, 0.5) is 31.5 Å². The standard InChI is InChI=1S/C25H16F6N4O5S4/c1-40-34-19(21(38)39)16-10-43-22(32-16)33-18(36)2-3-35-20(37)17(44-23(35)41)8-15-6-12(9-42-15)11-4-13(24(26,27)28)7-14(5-11)25(29,30)31/h4-10H,2-3H2,1H3,(H,38,39)(H,32,33,36). The van der Waals surface area contributed by atoms with Gasteiger partial charge in [0.1, 0.15) is 17.1 Å². The van der Waals surface area contributed by atoms with Crippen molar-refractivity contribution in [2.45, 2.75) is 18.8 Å². The minimum atomic E-state index is -4.99. The number of carbonyl (C=O) groups is 3. The maximum Gasteiger partial charge on any atom is 0.416 e. The Morgan fingerprint density at radius 1 is 1.07 bits per heavy atom. The summed E-state index contributed by atoms with van der Waals surface area (Å²) >= 11 is 8.11. The molecule has 19 heteroatoms. The highest BCUT2D eigenvalue weighted by Crippen LogP contribution is 2.40. The Bertz CT molecular complexity index is 1660. The van der Waals surface area contributed by atoms with E-state index in [0.717, 1.165) is 41.5 Å². The Hall–Kier alpha value is -3.81. The minimum absolute atomic E-state index is 0.0349. The lowest BCUT2D eigenvalue weighted by Gasteiger charge is -2.13. The van der Waals surface area contributed by atoms with Crippen LogP contribution in [-0.2, 0) is 31.6 Å². The molecular formula is C25H16F6N4O5S4. The Kier molecular flexibility index (Phi) is 9.81. The van der Waals surface area contributed by atoms with E-state index in [1.807, 2.05) is 0 Å². The fraction of sp³-hybridized carbons (Fsp3) is 0.200. The molecule has 44 heavy (non-hydrogen) atoms. The number of oxime groups is 1. The zero-order valence-corrected chi connectivity index (χ0v) is 25.0. The van der Waals surface area contributed by atoms with Gasteiger partial charge < -0.3 is 15.3 Å². The first-order chi connectivity index (χ1) is 20.6. The zero-order valence-electron chi connectivity index (χ0n) is 21.8.